The predicted molar refractivity (Wildman–Crippen MR) is 88.6 cm³/mol. The van der Waals surface area contributed by atoms with Crippen LogP contribution >= 0.6 is 0 Å². The molecule has 7 heteroatoms. The van der Waals surface area contributed by atoms with Crippen LogP contribution in [0.1, 0.15) is 12.5 Å². The molecule has 1 aromatic heterocycles. The number of sulfonamides is 1. The highest BCUT2D eigenvalue weighted by atomic mass is 32.2. The van der Waals surface area contributed by atoms with E-state index < -0.39 is 10.0 Å². The van der Waals surface area contributed by atoms with Gasteiger partial charge in [-0.05, 0) is 12.1 Å². The van der Waals surface area contributed by atoms with E-state index in [0.717, 1.165) is 25.2 Å². The third kappa shape index (κ3) is 3.63. The van der Waals surface area contributed by atoms with Crippen molar-refractivity contribution in [1.82, 2.24) is 19.0 Å². The van der Waals surface area contributed by atoms with Gasteiger partial charge in [-0.1, -0.05) is 37.3 Å². The van der Waals surface area contributed by atoms with Gasteiger partial charge >= 0.3 is 0 Å². The van der Waals surface area contributed by atoms with Gasteiger partial charge in [-0.25, -0.2) is 8.42 Å². The lowest BCUT2D eigenvalue weighted by atomic mass is 10.2. The molecule has 0 radical (unpaired) electrons. The molecule has 1 aliphatic heterocycles. The van der Waals surface area contributed by atoms with Crippen molar-refractivity contribution in [3.63, 3.8) is 0 Å². The molecule has 0 atom stereocenters. The van der Waals surface area contributed by atoms with Gasteiger partial charge in [0.1, 0.15) is 4.90 Å². The minimum atomic E-state index is -3.44. The summed E-state index contributed by atoms with van der Waals surface area (Å²) in [6, 6.07) is 9.88. The standard InChI is InChI=1S/C16H22N4O2S/c1-2-18-8-10-20(11-9-18)23(21,22)16-12-17-19(14-16)13-15-6-4-3-5-7-15/h3-7,12,14H,2,8-11,13H2,1H3. The quantitative estimate of drug-likeness (QED) is 0.826. The van der Waals surface area contributed by atoms with E-state index >= 15 is 0 Å². The van der Waals surface area contributed by atoms with Crippen LogP contribution in [0.4, 0.5) is 0 Å². The SMILES string of the molecule is CCN1CCN(S(=O)(=O)c2cnn(Cc3ccccc3)c2)CC1. The molecule has 0 spiro atoms. The molecular formula is C16H22N4O2S. The van der Waals surface area contributed by atoms with Crippen molar-refractivity contribution in [2.75, 3.05) is 32.7 Å². The lowest BCUT2D eigenvalue weighted by Gasteiger charge is -2.32. The average Bonchev–Trinajstić information content (AvgIpc) is 3.05. The summed E-state index contributed by atoms with van der Waals surface area (Å²) in [5.41, 5.74) is 1.09. The first-order chi connectivity index (χ1) is 11.1. The Balaban J connectivity index is 1.71. The number of hydrogen-bond acceptors (Lipinski definition) is 4. The number of benzene rings is 1. The van der Waals surface area contributed by atoms with E-state index in [4.69, 9.17) is 0 Å². The zero-order valence-electron chi connectivity index (χ0n) is 13.3. The van der Waals surface area contributed by atoms with Crippen molar-refractivity contribution in [3.05, 3.63) is 48.3 Å². The average molecular weight is 334 g/mol. The molecule has 2 heterocycles. The normalized spacial score (nSPS) is 17.4. The first-order valence-corrected chi connectivity index (χ1v) is 9.32. The second kappa shape index (κ2) is 6.82. The number of nitrogens with zero attached hydrogens (tertiary/aromatic N) is 4. The van der Waals surface area contributed by atoms with Crippen LogP contribution in [0.3, 0.4) is 0 Å². The zero-order valence-corrected chi connectivity index (χ0v) is 14.1. The van der Waals surface area contributed by atoms with Crippen LogP contribution in [0.15, 0.2) is 47.6 Å². The lowest BCUT2D eigenvalue weighted by molar-refractivity contribution is 0.196. The lowest BCUT2D eigenvalue weighted by Crippen LogP contribution is -2.48. The molecule has 1 aliphatic rings. The van der Waals surface area contributed by atoms with Gasteiger partial charge in [0.25, 0.3) is 0 Å². The highest BCUT2D eigenvalue weighted by Crippen LogP contribution is 2.17. The summed E-state index contributed by atoms with van der Waals surface area (Å²) in [6.07, 6.45) is 3.07. The van der Waals surface area contributed by atoms with Crippen molar-refractivity contribution < 1.29 is 8.42 Å². The first kappa shape index (κ1) is 16.2. The maximum absolute atomic E-state index is 12.7. The molecule has 124 valence electrons. The Morgan fingerprint density at radius 2 is 1.78 bits per heavy atom. The topological polar surface area (TPSA) is 58.4 Å². The summed E-state index contributed by atoms with van der Waals surface area (Å²) in [5.74, 6) is 0. The van der Waals surface area contributed by atoms with E-state index in [0.29, 0.717) is 19.6 Å². The van der Waals surface area contributed by atoms with Crippen molar-refractivity contribution in [2.24, 2.45) is 0 Å². The summed E-state index contributed by atoms with van der Waals surface area (Å²) in [5, 5.41) is 4.20. The van der Waals surface area contributed by atoms with Crippen LogP contribution in [0, 0.1) is 0 Å². The molecule has 0 unspecified atom stereocenters. The largest absolute Gasteiger partial charge is 0.301 e. The predicted octanol–water partition coefficient (Wildman–Crippen LogP) is 1.26. The molecule has 1 saturated heterocycles. The van der Waals surface area contributed by atoms with Crippen molar-refractivity contribution >= 4 is 10.0 Å². The number of hydrogen-bond donors (Lipinski definition) is 0. The Hall–Kier alpha value is -1.70. The van der Waals surface area contributed by atoms with Crippen molar-refractivity contribution in [1.29, 1.82) is 0 Å². The molecule has 0 amide bonds. The highest BCUT2D eigenvalue weighted by Gasteiger charge is 2.29. The minimum Gasteiger partial charge on any atom is -0.301 e. The van der Waals surface area contributed by atoms with Gasteiger partial charge in [-0.15, -0.1) is 0 Å². The number of piperazine rings is 1. The van der Waals surface area contributed by atoms with Gasteiger partial charge in [0.15, 0.2) is 0 Å². The Morgan fingerprint density at radius 3 is 2.43 bits per heavy atom. The Bertz CT molecular complexity index is 734. The molecule has 2 aromatic rings. The summed E-state index contributed by atoms with van der Waals surface area (Å²) in [6.45, 7) is 6.28. The number of rotatable bonds is 5. The molecule has 3 rings (SSSR count). The fraction of sp³-hybridized carbons (Fsp3) is 0.438. The van der Waals surface area contributed by atoms with Crippen LogP contribution in [-0.4, -0.2) is 60.1 Å². The van der Waals surface area contributed by atoms with E-state index in [9.17, 15) is 8.42 Å². The van der Waals surface area contributed by atoms with Gasteiger partial charge < -0.3 is 4.90 Å². The third-order valence-corrected chi connectivity index (χ3v) is 6.06. The van der Waals surface area contributed by atoms with Crippen molar-refractivity contribution in [3.8, 4) is 0 Å². The summed E-state index contributed by atoms with van der Waals surface area (Å²) in [4.78, 5) is 2.53. The molecular weight excluding hydrogens is 312 g/mol. The van der Waals surface area contributed by atoms with E-state index in [1.165, 1.54) is 6.20 Å². The monoisotopic (exact) mass is 334 g/mol. The molecule has 0 bridgehead atoms. The molecule has 1 aromatic carbocycles. The highest BCUT2D eigenvalue weighted by molar-refractivity contribution is 7.89. The smallest absolute Gasteiger partial charge is 0.246 e. The molecule has 1 fully saturated rings. The van der Waals surface area contributed by atoms with Gasteiger partial charge in [0, 0.05) is 32.4 Å². The molecule has 23 heavy (non-hydrogen) atoms. The van der Waals surface area contributed by atoms with Crippen LogP contribution in [0.2, 0.25) is 0 Å². The maximum Gasteiger partial charge on any atom is 0.246 e. The van der Waals surface area contributed by atoms with E-state index in [2.05, 4.69) is 16.9 Å². The fourth-order valence-corrected chi connectivity index (χ4v) is 4.15. The second-order valence-corrected chi connectivity index (χ2v) is 7.64. The van der Waals surface area contributed by atoms with Gasteiger partial charge in [-0.2, -0.15) is 9.40 Å². The summed E-state index contributed by atoms with van der Waals surface area (Å²) in [7, 11) is -3.44. The first-order valence-electron chi connectivity index (χ1n) is 7.88. The van der Waals surface area contributed by atoms with Crippen LogP contribution in [0.5, 0.6) is 0 Å². The zero-order chi connectivity index (χ0) is 16.3. The molecule has 0 saturated carbocycles. The van der Waals surface area contributed by atoms with E-state index in [-0.39, 0.29) is 4.90 Å². The van der Waals surface area contributed by atoms with Gasteiger partial charge in [0.2, 0.25) is 10.0 Å². The summed E-state index contributed by atoms with van der Waals surface area (Å²) < 4.78 is 28.6. The molecule has 0 aliphatic carbocycles. The van der Waals surface area contributed by atoms with E-state index in [1.807, 2.05) is 30.3 Å². The van der Waals surface area contributed by atoms with Crippen LogP contribution in [0.25, 0.3) is 0 Å². The molecule has 0 N–H and O–H groups in total. The van der Waals surface area contributed by atoms with Crippen LogP contribution in [-0.2, 0) is 16.6 Å². The Kier molecular flexibility index (Phi) is 4.79. The fourth-order valence-electron chi connectivity index (χ4n) is 2.77. The Labute approximate surface area is 137 Å². The maximum atomic E-state index is 12.7. The molecule has 6 nitrogen and oxygen atoms in total. The third-order valence-electron chi connectivity index (χ3n) is 4.21. The Morgan fingerprint density at radius 1 is 1.09 bits per heavy atom. The summed E-state index contributed by atoms with van der Waals surface area (Å²) >= 11 is 0. The van der Waals surface area contributed by atoms with E-state index in [1.54, 1.807) is 15.2 Å². The minimum absolute atomic E-state index is 0.276. The number of aromatic nitrogens is 2. The van der Waals surface area contributed by atoms with Crippen molar-refractivity contribution in [2.45, 2.75) is 18.4 Å². The second-order valence-electron chi connectivity index (χ2n) is 5.70. The van der Waals surface area contributed by atoms with Gasteiger partial charge in [-0.3, -0.25) is 4.68 Å². The van der Waals surface area contributed by atoms with Crippen LogP contribution < -0.4 is 0 Å². The number of likely N-dealkylation sites (N-methyl/N-ethyl adjacent to an activating group) is 1. The van der Waals surface area contributed by atoms with Gasteiger partial charge in [0.05, 0.1) is 12.7 Å².